The molecule has 0 bridgehead atoms. The Labute approximate surface area is 95.4 Å². The van der Waals surface area contributed by atoms with Gasteiger partial charge < -0.3 is 9.53 Å². The molecule has 0 N–H and O–H groups in total. The van der Waals surface area contributed by atoms with Crippen LogP contribution in [0.2, 0.25) is 0 Å². The highest BCUT2D eigenvalue weighted by atomic mass is 16.5. The third-order valence-corrected chi connectivity index (χ3v) is 2.13. The van der Waals surface area contributed by atoms with Gasteiger partial charge in [0.15, 0.2) is 5.78 Å². The van der Waals surface area contributed by atoms with Crippen molar-refractivity contribution >= 4 is 11.6 Å². The minimum Gasteiger partial charge on any atom is -0.486 e. The zero-order valence-electron chi connectivity index (χ0n) is 9.44. The molecule has 0 atom stereocenters. The van der Waals surface area contributed by atoms with E-state index in [-0.39, 0.29) is 18.2 Å². The highest BCUT2D eigenvalue weighted by molar-refractivity contribution is 5.81. The molecule has 0 amide bonds. The molecule has 1 aromatic rings. The third kappa shape index (κ3) is 5.29. The van der Waals surface area contributed by atoms with Gasteiger partial charge in [-0.1, -0.05) is 18.2 Å². The standard InChI is InChI=1S/C13H16O3/c1-11(14)6-5-7-12(15)10-16-13-8-3-2-4-9-13/h2-4,8-9H,5-7,10H2,1H3. The van der Waals surface area contributed by atoms with Gasteiger partial charge >= 0.3 is 0 Å². The van der Waals surface area contributed by atoms with Crippen molar-refractivity contribution in [3.63, 3.8) is 0 Å². The number of ether oxygens (including phenoxy) is 1. The molecule has 0 unspecified atom stereocenters. The van der Waals surface area contributed by atoms with Crippen LogP contribution in [0, 0.1) is 0 Å². The number of Topliss-reactive ketones (excluding diaryl/α,β-unsaturated/α-hetero) is 2. The summed E-state index contributed by atoms with van der Waals surface area (Å²) in [4.78, 5) is 22.0. The molecule has 86 valence electrons. The molecule has 0 aliphatic carbocycles. The molecule has 0 aliphatic rings. The molecule has 0 saturated carbocycles. The van der Waals surface area contributed by atoms with Crippen molar-refractivity contribution in [1.82, 2.24) is 0 Å². The van der Waals surface area contributed by atoms with E-state index in [0.717, 1.165) is 0 Å². The van der Waals surface area contributed by atoms with Gasteiger partial charge in [0, 0.05) is 12.8 Å². The van der Waals surface area contributed by atoms with Crippen LogP contribution in [0.1, 0.15) is 26.2 Å². The topological polar surface area (TPSA) is 43.4 Å². The van der Waals surface area contributed by atoms with Crippen molar-refractivity contribution in [2.45, 2.75) is 26.2 Å². The van der Waals surface area contributed by atoms with Gasteiger partial charge in [-0.25, -0.2) is 0 Å². The highest BCUT2D eigenvalue weighted by Crippen LogP contribution is 2.08. The molecule has 0 spiro atoms. The number of ketones is 2. The molecule has 0 aliphatic heterocycles. The van der Waals surface area contributed by atoms with Gasteiger partial charge in [-0.2, -0.15) is 0 Å². The van der Waals surface area contributed by atoms with Gasteiger partial charge in [-0.3, -0.25) is 4.79 Å². The summed E-state index contributed by atoms with van der Waals surface area (Å²) in [5.74, 6) is 0.851. The van der Waals surface area contributed by atoms with Crippen LogP contribution in [0.25, 0.3) is 0 Å². The fourth-order valence-corrected chi connectivity index (χ4v) is 1.29. The zero-order chi connectivity index (χ0) is 11.8. The Morgan fingerprint density at radius 2 is 1.81 bits per heavy atom. The van der Waals surface area contributed by atoms with E-state index in [1.54, 1.807) is 0 Å². The maximum absolute atomic E-state index is 11.4. The van der Waals surface area contributed by atoms with E-state index in [1.807, 2.05) is 30.3 Å². The molecular weight excluding hydrogens is 204 g/mol. The third-order valence-electron chi connectivity index (χ3n) is 2.13. The minimum atomic E-state index is 0.0325. The average molecular weight is 220 g/mol. The van der Waals surface area contributed by atoms with Crippen LogP contribution in [0.3, 0.4) is 0 Å². The summed E-state index contributed by atoms with van der Waals surface area (Å²) in [6.07, 6.45) is 1.50. The van der Waals surface area contributed by atoms with Crippen molar-refractivity contribution in [3.05, 3.63) is 30.3 Å². The van der Waals surface area contributed by atoms with Gasteiger partial charge in [0.2, 0.25) is 0 Å². The molecule has 1 rings (SSSR count). The summed E-state index contributed by atoms with van der Waals surface area (Å²) < 4.78 is 5.29. The number of benzene rings is 1. The fourth-order valence-electron chi connectivity index (χ4n) is 1.29. The highest BCUT2D eigenvalue weighted by Gasteiger charge is 2.03. The first-order valence-electron chi connectivity index (χ1n) is 5.37. The predicted molar refractivity (Wildman–Crippen MR) is 61.5 cm³/mol. The summed E-state index contributed by atoms with van der Waals surface area (Å²) in [5.41, 5.74) is 0. The molecule has 0 aromatic heterocycles. The second-order valence-corrected chi connectivity index (χ2v) is 3.70. The lowest BCUT2D eigenvalue weighted by Crippen LogP contribution is -2.11. The SMILES string of the molecule is CC(=O)CCCC(=O)COc1ccccc1. The monoisotopic (exact) mass is 220 g/mol. The predicted octanol–water partition coefficient (Wildman–Crippen LogP) is 2.39. The molecule has 3 nitrogen and oxygen atoms in total. The van der Waals surface area contributed by atoms with Crippen LogP contribution in [0.4, 0.5) is 0 Å². The molecule has 16 heavy (non-hydrogen) atoms. The Morgan fingerprint density at radius 3 is 2.44 bits per heavy atom. The maximum Gasteiger partial charge on any atom is 0.170 e. The zero-order valence-corrected chi connectivity index (χ0v) is 9.44. The van der Waals surface area contributed by atoms with Crippen molar-refractivity contribution in [1.29, 1.82) is 0 Å². The lowest BCUT2D eigenvalue weighted by Gasteiger charge is -2.04. The number of para-hydroxylation sites is 1. The Balaban J connectivity index is 2.18. The summed E-state index contributed by atoms with van der Waals surface area (Å²) >= 11 is 0. The van der Waals surface area contributed by atoms with E-state index in [1.165, 1.54) is 6.92 Å². The number of rotatable bonds is 7. The lowest BCUT2D eigenvalue weighted by molar-refractivity contribution is -0.121. The summed E-state index contributed by atoms with van der Waals surface area (Å²) in [6, 6.07) is 9.22. The average Bonchev–Trinajstić information content (AvgIpc) is 2.27. The van der Waals surface area contributed by atoms with Crippen molar-refractivity contribution < 1.29 is 14.3 Å². The number of hydrogen-bond acceptors (Lipinski definition) is 3. The Hall–Kier alpha value is -1.64. The van der Waals surface area contributed by atoms with E-state index >= 15 is 0 Å². The fraction of sp³-hybridized carbons (Fsp3) is 0.385. The first kappa shape index (κ1) is 12.4. The van der Waals surface area contributed by atoms with Crippen LogP contribution in [0.5, 0.6) is 5.75 Å². The van der Waals surface area contributed by atoms with Gasteiger partial charge in [0.1, 0.15) is 18.1 Å². The second kappa shape index (κ2) is 6.77. The molecular formula is C13H16O3. The maximum atomic E-state index is 11.4. The summed E-state index contributed by atoms with van der Waals surface area (Å²) in [5, 5.41) is 0. The summed E-state index contributed by atoms with van der Waals surface area (Å²) in [6.45, 7) is 1.62. The van der Waals surface area contributed by atoms with Crippen molar-refractivity contribution in [2.24, 2.45) is 0 Å². The smallest absolute Gasteiger partial charge is 0.170 e. The van der Waals surface area contributed by atoms with Gasteiger partial charge in [-0.15, -0.1) is 0 Å². The van der Waals surface area contributed by atoms with E-state index in [2.05, 4.69) is 0 Å². The van der Waals surface area contributed by atoms with Crippen LogP contribution >= 0.6 is 0 Å². The molecule has 0 heterocycles. The Kier molecular flexibility index (Phi) is 5.26. The normalized spacial score (nSPS) is 9.81. The van der Waals surface area contributed by atoms with Crippen LogP contribution < -0.4 is 4.74 Å². The molecule has 0 saturated heterocycles. The molecule has 3 heteroatoms. The van der Waals surface area contributed by atoms with Crippen LogP contribution in [-0.2, 0) is 9.59 Å². The summed E-state index contributed by atoms with van der Waals surface area (Å²) in [7, 11) is 0. The molecule has 0 radical (unpaired) electrons. The second-order valence-electron chi connectivity index (χ2n) is 3.70. The van der Waals surface area contributed by atoms with E-state index in [4.69, 9.17) is 4.74 Å². The molecule has 1 aromatic carbocycles. The van der Waals surface area contributed by atoms with E-state index < -0.39 is 0 Å². The number of hydrogen-bond donors (Lipinski definition) is 0. The Morgan fingerprint density at radius 1 is 1.12 bits per heavy atom. The quantitative estimate of drug-likeness (QED) is 0.708. The molecule has 0 fully saturated rings. The number of carbonyl (C=O) groups excluding carboxylic acids is 2. The Bertz CT molecular complexity index is 343. The van der Waals surface area contributed by atoms with Crippen molar-refractivity contribution in [2.75, 3.05) is 6.61 Å². The largest absolute Gasteiger partial charge is 0.486 e. The van der Waals surface area contributed by atoms with Gasteiger partial charge in [-0.05, 0) is 25.5 Å². The first-order chi connectivity index (χ1) is 7.68. The van der Waals surface area contributed by atoms with Gasteiger partial charge in [0.25, 0.3) is 0 Å². The number of carbonyl (C=O) groups is 2. The first-order valence-corrected chi connectivity index (χ1v) is 5.37. The van der Waals surface area contributed by atoms with E-state index in [0.29, 0.717) is 25.0 Å². The van der Waals surface area contributed by atoms with Crippen LogP contribution in [-0.4, -0.2) is 18.2 Å². The van der Waals surface area contributed by atoms with Crippen LogP contribution in [0.15, 0.2) is 30.3 Å². The van der Waals surface area contributed by atoms with E-state index in [9.17, 15) is 9.59 Å². The van der Waals surface area contributed by atoms with Gasteiger partial charge in [0.05, 0.1) is 0 Å². The minimum absolute atomic E-state index is 0.0325. The van der Waals surface area contributed by atoms with Crippen molar-refractivity contribution in [3.8, 4) is 5.75 Å². The lowest BCUT2D eigenvalue weighted by atomic mass is 10.1.